The molecule has 25 heavy (non-hydrogen) atoms. The van der Waals surface area contributed by atoms with Gasteiger partial charge in [0.2, 0.25) is 0 Å². The van der Waals surface area contributed by atoms with E-state index >= 15 is 0 Å². The summed E-state index contributed by atoms with van der Waals surface area (Å²) in [5, 5.41) is 0. The van der Waals surface area contributed by atoms with E-state index in [4.69, 9.17) is 0 Å². The van der Waals surface area contributed by atoms with Crippen LogP contribution in [0.4, 0.5) is 5.82 Å². The number of rotatable bonds is 3. The Labute approximate surface area is 152 Å². The second-order valence-electron chi connectivity index (χ2n) is 6.88. The van der Waals surface area contributed by atoms with Gasteiger partial charge in [-0.3, -0.25) is 4.79 Å². The lowest BCUT2D eigenvalue weighted by Crippen LogP contribution is -2.33. The molecule has 2 fully saturated rings. The third-order valence-corrected chi connectivity index (χ3v) is 5.93. The smallest absolute Gasteiger partial charge is 0.253 e. The topological polar surface area (TPSA) is 49.3 Å². The summed E-state index contributed by atoms with van der Waals surface area (Å²) in [5.74, 6) is 2.23. The van der Waals surface area contributed by atoms with Gasteiger partial charge in [0, 0.05) is 60.2 Å². The molecule has 2 atom stereocenters. The first kappa shape index (κ1) is 16.4. The van der Waals surface area contributed by atoms with Crippen LogP contribution in [0, 0.1) is 18.8 Å². The van der Waals surface area contributed by atoms with Gasteiger partial charge in [-0.1, -0.05) is 6.07 Å². The van der Waals surface area contributed by atoms with E-state index in [1.807, 2.05) is 48.4 Å². The molecule has 6 heteroatoms. The SMILES string of the molecule is CSc1cccc(C(=O)N2CC3CN(c4cc(C)ncn4)CC3C2)c1. The van der Waals surface area contributed by atoms with E-state index in [-0.39, 0.29) is 5.91 Å². The van der Waals surface area contributed by atoms with E-state index in [0.29, 0.717) is 11.8 Å². The van der Waals surface area contributed by atoms with Gasteiger partial charge in [-0.25, -0.2) is 9.97 Å². The third-order valence-electron chi connectivity index (χ3n) is 5.20. The number of benzene rings is 1. The summed E-state index contributed by atoms with van der Waals surface area (Å²) in [6, 6.07) is 9.97. The monoisotopic (exact) mass is 354 g/mol. The molecule has 1 aromatic heterocycles. The van der Waals surface area contributed by atoms with Crippen molar-refractivity contribution in [3.05, 3.63) is 47.9 Å². The van der Waals surface area contributed by atoms with E-state index in [9.17, 15) is 4.79 Å². The van der Waals surface area contributed by atoms with Gasteiger partial charge >= 0.3 is 0 Å². The Hall–Kier alpha value is -2.08. The molecule has 5 nitrogen and oxygen atoms in total. The highest BCUT2D eigenvalue weighted by Crippen LogP contribution is 2.34. The van der Waals surface area contributed by atoms with Crippen molar-refractivity contribution in [2.75, 3.05) is 37.3 Å². The van der Waals surface area contributed by atoms with Crippen LogP contribution >= 0.6 is 11.8 Å². The van der Waals surface area contributed by atoms with Crippen molar-refractivity contribution < 1.29 is 4.79 Å². The van der Waals surface area contributed by atoms with Crippen LogP contribution in [0.2, 0.25) is 0 Å². The lowest BCUT2D eigenvalue weighted by molar-refractivity contribution is 0.0782. The van der Waals surface area contributed by atoms with Gasteiger partial charge < -0.3 is 9.80 Å². The fraction of sp³-hybridized carbons (Fsp3) is 0.421. The molecule has 0 saturated carbocycles. The first-order chi connectivity index (χ1) is 12.1. The highest BCUT2D eigenvalue weighted by atomic mass is 32.2. The van der Waals surface area contributed by atoms with Crippen LogP contribution in [-0.2, 0) is 0 Å². The molecule has 0 spiro atoms. The van der Waals surface area contributed by atoms with Gasteiger partial charge in [0.1, 0.15) is 12.1 Å². The molecular weight excluding hydrogens is 332 g/mol. The summed E-state index contributed by atoms with van der Waals surface area (Å²) in [6.07, 6.45) is 3.67. The molecule has 2 aliphatic rings. The van der Waals surface area contributed by atoms with Gasteiger partial charge in [0.05, 0.1) is 0 Å². The number of fused-ring (bicyclic) bond motifs is 1. The predicted octanol–water partition coefficient (Wildman–Crippen LogP) is 2.72. The number of hydrogen-bond acceptors (Lipinski definition) is 5. The predicted molar refractivity (Wildman–Crippen MR) is 100 cm³/mol. The molecule has 2 aromatic rings. The summed E-state index contributed by atoms with van der Waals surface area (Å²) in [4.78, 5) is 26.9. The van der Waals surface area contributed by atoms with E-state index in [1.165, 1.54) is 0 Å². The van der Waals surface area contributed by atoms with Crippen molar-refractivity contribution in [3.63, 3.8) is 0 Å². The first-order valence-electron chi connectivity index (χ1n) is 8.61. The number of hydrogen-bond donors (Lipinski definition) is 0. The minimum absolute atomic E-state index is 0.162. The zero-order valence-electron chi connectivity index (χ0n) is 14.6. The van der Waals surface area contributed by atoms with Gasteiger partial charge in [0.25, 0.3) is 5.91 Å². The molecule has 3 heterocycles. The maximum atomic E-state index is 12.8. The van der Waals surface area contributed by atoms with E-state index in [1.54, 1.807) is 18.1 Å². The maximum absolute atomic E-state index is 12.8. The second kappa shape index (κ2) is 6.67. The molecule has 1 aromatic carbocycles. The standard InChI is InChI=1S/C19H22N4OS/c1-13-6-18(21-12-20-13)22-8-15-10-23(11-16(15)9-22)19(24)14-4-3-5-17(7-14)25-2/h3-7,12,15-16H,8-11H2,1-2H3. The van der Waals surface area contributed by atoms with Crippen molar-refractivity contribution in [2.45, 2.75) is 11.8 Å². The number of likely N-dealkylation sites (tertiary alicyclic amines) is 1. The van der Waals surface area contributed by atoms with Crippen LogP contribution < -0.4 is 4.90 Å². The van der Waals surface area contributed by atoms with Gasteiger partial charge in [-0.05, 0) is 31.4 Å². The molecule has 1 amide bonds. The zero-order chi connectivity index (χ0) is 17.4. The zero-order valence-corrected chi connectivity index (χ0v) is 15.4. The summed E-state index contributed by atoms with van der Waals surface area (Å²) >= 11 is 1.67. The average Bonchev–Trinajstić information content (AvgIpc) is 3.20. The molecule has 0 bridgehead atoms. The summed E-state index contributed by atoms with van der Waals surface area (Å²) in [7, 11) is 0. The van der Waals surface area contributed by atoms with E-state index in [2.05, 4.69) is 14.9 Å². The Morgan fingerprint density at radius 2 is 1.88 bits per heavy atom. The first-order valence-corrected chi connectivity index (χ1v) is 9.83. The average molecular weight is 354 g/mol. The largest absolute Gasteiger partial charge is 0.356 e. The maximum Gasteiger partial charge on any atom is 0.253 e. The fourth-order valence-electron chi connectivity index (χ4n) is 3.90. The highest BCUT2D eigenvalue weighted by Gasteiger charge is 2.42. The van der Waals surface area contributed by atoms with Crippen molar-refractivity contribution in [1.29, 1.82) is 0 Å². The summed E-state index contributed by atoms with van der Waals surface area (Å²) in [6.45, 7) is 5.61. The molecule has 0 N–H and O–H groups in total. The number of aromatic nitrogens is 2. The third kappa shape index (κ3) is 3.23. The Morgan fingerprint density at radius 1 is 1.12 bits per heavy atom. The summed E-state index contributed by atoms with van der Waals surface area (Å²) in [5.41, 5.74) is 1.79. The van der Waals surface area contributed by atoms with Crippen molar-refractivity contribution >= 4 is 23.5 Å². The number of nitrogens with zero attached hydrogens (tertiary/aromatic N) is 4. The molecule has 130 valence electrons. The molecule has 2 saturated heterocycles. The molecule has 0 radical (unpaired) electrons. The van der Waals surface area contributed by atoms with Crippen LogP contribution in [-0.4, -0.2) is 53.2 Å². The van der Waals surface area contributed by atoms with Crippen molar-refractivity contribution in [1.82, 2.24) is 14.9 Å². The number of amides is 1. The second-order valence-corrected chi connectivity index (χ2v) is 7.76. The number of carbonyl (C=O) groups excluding carboxylic acids is 1. The Kier molecular flexibility index (Phi) is 4.37. The van der Waals surface area contributed by atoms with Crippen LogP contribution in [0.1, 0.15) is 16.1 Å². The normalized spacial score (nSPS) is 22.3. The van der Waals surface area contributed by atoms with E-state index in [0.717, 1.165) is 48.1 Å². The minimum Gasteiger partial charge on any atom is -0.356 e. The van der Waals surface area contributed by atoms with Crippen LogP contribution in [0.15, 0.2) is 41.6 Å². The van der Waals surface area contributed by atoms with Crippen LogP contribution in [0.5, 0.6) is 0 Å². The fourth-order valence-corrected chi connectivity index (χ4v) is 4.36. The van der Waals surface area contributed by atoms with Crippen LogP contribution in [0.25, 0.3) is 0 Å². The Bertz CT molecular complexity index is 782. The van der Waals surface area contributed by atoms with Gasteiger partial charge in [-0.2, -0.15) is 0 Å². The molecule has 4 rings (SSSR count). The van der Waals surface area contributed by atoms with Crippen molar-refractivity contribution in [3.8, 4) is 0 Å². The number of thioether (sulfide) groups is 1. The van der Waals surface area contributed by atoms with E-state index < -0.39 is 0 Å². The number of aryl methyl sites for hydroxylation is 1. The summed E-state index contributed by atoms with van der Waals surface area (Å²) < 4.78 is 0. The molecule has 2 unspecified atom stereocenters. The van der Waals surface area contributed by atoms with Gasteiger partial charge in [-0.15, -0.1) is 11.8 Å². The molecular formula is C19H22N4OS. The Balaban J connectivity index is 1.43. The Morgan fingerprint density at radius 3 is 2.56 bits per heavy atom. The lowest BCUT2D eigenvalue weighted by Gasteiger charge is -2.22. The quantitative estimate of drug-likeness (QED) is 0.793. The number of carbonyl (C=O) groups is 1. The van der Waals surface area contributed by atoms with Crippen molar-refractivity contribution in [2.24, 2.45) is 11.8 Å². The highest BCUT2D eigenvalue weighted by molar-refractivity contribution is 7.98. The van der Waals surface area contributed by atoms with Crippen LogP contribution in [0.3, 0.4) is 0 Å². The lowest BCUT2D eigenvalue weighted by atomic mass is 10.0. The number of anilines is 1. The molecule has 2 aliphatic heterocycles. The molecule has 0 aliphatic carbocycles. The minimum atomic E-state index is 0.162. The van der Waals surface area contributed by atoms with Gasteiger partial charge in [0.15, 0.2) is 0 Å².